The molecule has 0 aromatic heterocycles. The molecule has 1 aromatic rings. The summed E-state index contributed by atoms with van der Waals surface area (Å²) in [6.07, 6.45) is 0.768. The number of para-hydroxylation sites is 1. The Morgan fingerprint density at radius 1 is 1.44 bits per heavy atom. The lowest BCUT2D eigenvalue weighted by atomic mass is 10.0. The van der Waals surface area contributed by atoms with Gasteiger partial charge in [0.05, 0.1) is 11.8 Å². The molecule has 0 aliphatic rings. The van der Waals surface area contributed by atoms with Crippen LogP contribution < -0.4 is 5.32 Å². The topological polar surface area (TPSA) is 56.0 Å². The van der Waals surface area contributed by atoms with E-state index in [0.717, 1.165) is 12.0 Å². The average molecular weight is 218 g/mol. The van der Waals surface area contributed by atoms with Gasteiger partial charge in [0.1, 0.15) is 11.8 Å². The molecule has 2 N–H and O–H groups in total. The van der Waals surface area contributed by atoms with Crippen molar-refractivity contribution in [1.82, 2.24) is 0 Å². The number of nitrogens with zero attached hydrogens (tertiary/aromatic N) is 1. The molecule has 0 saturated heterocycles. The normalized spacial score (nSPS) is 12.2. The Bertz CT molecular complexity index is 373. The van der Waals surface area contributed by atoms with Crippen LogP contribution in [0.2, 0.25) is 0 Å². The lowest BCUT2D eigenvalue weighted by Crippen LogP contribution is -2.20. The molecule has 86 valence electrons. The quantitative estimate of drug-likeness (QED) is 0.764. The van der Waals surface area contributed by atoms with Gasteiger partial charge in [0.15, 0.2) is 0 Å². The highest BCUT2D eigenvalue weighted by Gasteiger charge is 2.12. The van der Waals surface area contributed by atoms with Crippen LogP contribution in [-0.2, 0) is 0 Å². The minimum absolute atomic E-state index is 0.198. The van der Waals surface area contributed by atoms with Crippen molar-refractivity contribution >= 4 is 5.69 Å². The fourth-order valence-electron chi connectivity index (χ4n) is 1.63. The third kappa shape index (κ3) is 3.16. The highest BCUT2D eigenvalue weighted by Crippen LogP contribution is 2.27. The van der Waals surface area contributed by atoms with E-state index in [9.17, 15) is 5.11 Å². The highest BCUT2D eigenvalue weighted by molar-refractivity contribution is 5.61. The summed E-state index contributed by atoms with van der Waals surface area (Å²) in [4.78, 5) is 0. The van der Waals surface area contributed by atoms with Crippen molar-refractivity contribution in [3.63, 3.8) is 0 Å². The number of nitrogens with one attached hydrogen (secondary N) is 1. The largest absolute Gasteiger partial charge is 0.506 e. The number of aromatic hydroxyl groups is 1. The van der Waals surface area contributed by atoms with Gasteiger partial charge in [-0.25, -0.2) is 0 Å². The standard InChI is InChI=1S/C13H18N2O/c1-9(2)7-11(8-14)15-13-10(3)5-4-6-12(13)16/h4-6,9,11,15-16H,7H2,1-3H3. The molecule has 3 heteroatoms. The van der Waals surface area contributed by atoms with E-state index in [4.69, 9.17) is 5.26 Å². The molecule has 0 amide bonds. The second-order valence-electron chi connectivity index (χ2n) is 4.42. The van der Waals surface area contributed by atoms with Crippen LogP contribution in [0.4, 0.5) is 5.69 Å². The second-order valence-corrected chi connectivity index (χ2v) is 4.42. The number of aryl methyl sites for hydroxylation is 1. The second kappa shape index (κ2) is 5.41. The Morgan fingerprint density at radius 3 is 2.62 bits per heavy atom. The molecule has 1 rings (SSSR count). The predicted octanol–water partition coefficient (Wildman–Crippen LogP) is 3.05. The predicted molar refractivity (Wildman–Crippen MR) is 65.3 cm³/mol. The minimum Gasteiger partial charge on any atom is -0.506 e. The lowest BCUT2D eigenvalue weighted by molar-refractivity contribution is 0.475. The van der Waals surface area contributed by atoms with E-state index in [1.807, 2.05) is 13.0 Å². The summed E-state index contributed by atoms with van der Waals surface area (Å²) >= 11 is 0. The molecular weight excluding hydrogens is 200 g/mol. The van der Waals surface area contributed by atoms with Gasteiger partial charge in [-0.05, 0) is 30.9 Å². The van der Waals surface area contributed by atoms with Crippen molar-refractivity contribution in [3.05, 3.63) is 23.8 Å². The van der Waals surface area contributed by atoms with E-state index in [-0.39, 0.29) is 11.8 Å². The number of anilines is 1. The van der Waals surface area contributed by atoms with Crippen LogP contribution in [0, 0.1) is 24.2 Å². The maximum absolute atomic E-state index is 9.70. The van der Waals surface area contributed by atoms with E-state index in [2.05, 4.69) is 25.2 Å². The van der Waals surface area contributed by atoms with E-state index >= 15 is 0 Å². The Kier molecular flexibility index (Phi) is 4.19. The first kappa shape index (κ1) is 12.4. The van der Waals surface area contributed by atoms with E-state index < -0.39 is 0 Å². The van der Waals surface area contributed by atoms with E-state index in [0.29, 0.717) is 11.6 Å². The van der Waals surface area contributed by atoms with Gasteiger partial charge in [0, 0.05) is 0 Å². The van der Waals surface area contributed by atoms with Gasteiger partial charge in [0.25, 0.3) is 0 Å². The molecule has 3 nitrogen and oxygen atoms in total. The average Bonchev–Trinajstić information content (AvgIpc) is 2.21. The smallest absolute Gasteiger partial charge is 0.138 e. The van der Waals surface area contributed by atoms with Gasteiger partial charge in [0.2, 0.25) is 0 Å². The first-order valence-corrected chi connectivity index (χ1v) is 5.49. The summed E-state index contributed by atoms with van der Waals surface area (Å²) in [6.45, 7) is 6.05. The minimum atomic E-state index is -0.257. The van der Waals surface area contributed by atoms with Gasteiger partial charge in [-0.1, -0.05) is 26.0 Å². The van der Waals surface area contributed by atoms with Crippen molar-refractivity contribution in [3.8, 4) is 11.8 Å². The van der Waals surface area contributed by atoms with Crippen LogP contribution in [0.5, 0.6) is 5.75 Å². The molecule has 0 aliphatic carbocycles. The maximum Gasteiger partial charge on any atom is 0.138 e. The van der Waals surface area contributed by atoms with Crippen molar-refractivity contribution in [2.24, 2.45) is 5.92 Å². The third-order valence-corrected chi connectivity index (χ3v) is 2.43. The molecule has 0 aliphatic heterocycles. The molecule has 0 heterocycles. The molecule has 0 bridgehead atoms. The lowest BCUT2D eigenvalue weighted by Gasteiger charge is -2.17. The summed E-state index contributed by atoms with van der Waals surface area (Å²) in [5.41, 5.74) is 1.61. The molecule has 0 fully saturated rings. The third-order valence-electron chi connectivity index (χ3n) is 2.43. The van der Waals surface area contributed by atoms with Gasteiger partial charge in [-0.2, -0.15) is 5.26 Å². The van der Waals surface area contributed by atoms with Gasteiger partial charge >= 0.3 is 0 Å². The number of rotatable bonds is 4. The Balaban J connectivity index is 2.83. The molecule has 16 heavy (non-hydrogen) atoms. The van der Waals surface area contributed by atoms with Crippen LogP contribution in [0.1, 0.15) is 25.8 Å². The molecule has 0 radical (unpaired) electrons. The maximum atomic E-state index is 9.70. The number of nitriles is 1. The van der Waals surface area contributed by atoms with Crippen LogP contribution >= 0.6 is 0 Å². The first-order chi connectivity index (χ1) is 7.54. The Morgan fingerprint density at radius 2 is 2.12 bits per heavy atom. The Labute approximate surface area is 96.7 Å². The monoisotopic (exact) mass is 218 g/mol. The van der Waals surface area contributed by atoms with Crippen LogP contribution in [0.3, 0.4) is 0 Å². The van der Waals surface area contributed by atoms with Crippen LogP contribution in [-0.4, -0.2) is 11.1 Å². The SMILES string of the molecule is Cc1cccc(O)c1NC(C#N)CC(C)C. The summed E-state index contributed by atoms with van der Waals surface area (Å²) in [7, 11) is 0. The van der Waals surface area contributed by atoms with Gasteiger partial charge in [-0.3, -0.25) is 0 Å². The number of benzene rings is 1. The van der Waals surface area contributed by atoms with Gasteiger partial charge in [-0.15, -0.1) is 0 Å². The summed E-state index contributed by atoms with van der Waals surface area (Å²) < 4.78 is 0. The molecule has 1 unspecified atom stereocenters. The zero-order chi connectivity index (χ0) is 12.1. The molecule has 1 aromatic carbocycles. The van der Waals surface area contributed by atoms with Crippen molar-refractivity contribution in [2.75, 3.05) is 5.32 Å². The summed E-state index contributed by atoms with van der Waals surface area (Å²) in [5, 5.41) is 21.8. The first-order valence-electron chi connectivity index (χ1n) is 5.49. The fourth-order valence-corrected chi connectivity index (χ4v) is 1.63. The van der Waals surface area contributed by atoms with E-state index in [1.54, 1.807) is 12.1 Å². The van der Waals surface area contributed by atoms with Crippen LogP contribution in [0.25, 0.3) is 0 Å². The number of phenolic OH excluding ortho intramolecular Hbond substituents is 1. The highest BCUT2D eigenvalue weighted by atomic mass is 16.3. The number of phenols is 1. The van der Waals surface area contributed by atoms with Gasteiger partial charge < -0.3 is 10.4 Å². The molecule has 0 spiro atoms. The molecule has 0 saturated carbocycles. The van der Waals surface area contributed by atoms with Crippen molar-refractivity contribution in [1.29, 1.82) is 5.26 Å². The summed E-state index contributed by atoms with van der Waals surface area (Å²) in [6, 6.07) is 7.28. The fraction of sp³-hybridized carbons (Fsp3) is 0.462. The zero-order valence-corrected chi connectivity index (χ0v) is 9.99. The van der Waals surface area contributed by atoms with Crippen LogP contribution in [0.15, 0.2) is 18.2 Å². The summed E-state index contributed by atoms with van der Waals surface area (Å²) in [5.74, 6) is 0.646. The number of hydrogen-bond acceptors (Lipinski definition) is 3. The van der Waals surface area contributed by atoms with E-state index in [1.165, 1.54) is 0 Å². The zero-order valence-electron chi connectivity index (χ0n) is 9.99. The molecule has 1 atom stereocenters. The van der Waals surface area contributed by atoms with Crippen molar-refractivity contribution in [2.45, 2.75) is 33.2 Å². The molecular formula is C13H18N2O. The number of hydrogen-bond donors (Lipinski definition) is 2. The Hall–Kier alpha value is -1.69. The van der Waals surface area contributed by atoms with Crippen molar-refractivity contribution < 1.29 is 5.11 Å².